The topological polar surface area (TPSA) is 65.1 Å². The summed E-state index contributed by atoms with van der Waals surface area (Å²) in [6.07, 6.45) is 0.936. The van der Waals surface area contributed by atoms with Gasteiger partial charge in [-0.1, -0.05) is 42.5 Å². The maximum absolute atomic E-state index is 12.6. The number of rotatable bonds is 7. The Bertz CT molecular complexity index is 906. The van der Waals surface area contributed by atoms with Crippen LogP contribution >= 0.6 is 0 Å². The number of ether oxygens (including phenoxy) is 3. The number of likely N-dealkylation sites (tertiary alicyclic amines) is 1. The maximum atomic E-state index is 12.6. The summed E-state index contributed by atoms with van der Waals surface area (Å²) in [5.41, 5.74) is 1.55. The van der Waals surface area contributed by atoms with Gasteiger partial charge in [0.2, 0.25) is 0 Å². The van der Waals surface area contributed by atoms with Crippen LogP contribution in [0.5, 0.6) is 5.75 Å². The molecule has 0 N–H and O–H groups in total. The monoisotopic (exact) mass is 439 g/mol. The van der Waals surface area contributed by atoms with Crippen molar-refractivity contribution < 1.29 is 23.8 Å². The molecule has 0 spiro atoms. The zero-order chi connectivity index (χ0) is 23.1. The van der Waals surface area contributed by atoms with Crippen molar-refractivity contribution in [2.45, 2.75) is 45.8 Å². The summed E-state index contributed by atoms with van der Waals surface area (Å²) in [6, 6.07) is 17.8. The van der Waals surface area contributed by atoms with Crippen molar-refractivity contribution in [3.8, 4) is 5.75 Å². The van der Waals surface area contributed by atoms with Crippen LogP contribution in [0, 0.1) is 11.8 Å². The molecule has 1 saturated heterocycles. The number of nitrogens with zero attached hydrogens (tertiary/aromatic N) is 1. The number of carbonyl (C=O) groups is 2. The lowest BCUT2D eigenvalue weighted by Crippen LogP contribution is -2.36. The molecule has 0 aliphatic carbocycles. The zero-order valence-corrected chi connectivity index (χ0v) is 19.4. The van der Waals surface area contributed by atoms with E-state index in [1.807, 2.05) is 75.4 Å². The lowest BCUT2D eigenvalue weighted by molar-refractivity contribution is -0.147. The quantitative estimate of drug-likeness (QED) is 0.577. The molecule has 6 heteroatoms. The third kappa shape index (κ3) is 6.74. The van der Waals surface area contributed by atoms with Gasteiger partial charge in [-0.25, -0.2) is 4.79 Å². The summed E-state index contributed by atoms with van der Waals surface area (Å²) in [6.45, 7) is 7.10. The predicted molar refractivity (Wildman–Crippen MR) is 122 cm³/mol. The molecule has 0 radical (unpaired) electrons. The molecule has 1 amide bonds. The van der Waals surface area contributed by atoms with Crippen molar-refractivity contribution in [3.63, 3.8) is 0 Å². The third-order valence-electron chi connectivity index (χ3n) is 5.55. The van der Waals surface area contributed by atoms with E-state index in [4.69, 9.17) is 14.2 Å². The van der Waals surface area contributed by atoms with E-state index in [0.29, 0.717) is 26.1 Å². The third-order valence-corrected chi connectivity index (χ3v) is 5.55. The number of carbonyl (C=O) groups excluding carboxylic acids is 2. The Labute approximate surface area is 190 Å². The molecular weight excluding hydrogens is 406 g/mol. The minimum Gasteiger partial charge on any atom is -0.489 e. The number of benzene rings is 2. The molecule has 1 fully saturated rings. The summed E-state index contributed by atoms with van der Waals surface area (Å²) in [5.74, 6) is 0.189. The van der Waals surface area contributed by atoms with Gasteiger partial charge in [0.05, 0.1) is 13.0 Å². The van der Waals surface area contributed by atoms with Gasteiger partial charge in [0, 0.05) is 13.1 Å². The molecule has 1 aliphatic heterocycles. The molecule has 0 unspecified atom stereocenters. The van der Waals surface area contributed by atoms with Gasteiger partial charge in [-0.15, -0.1) is 0 Å². The fraction of sp³-hybridized carbons (Fsp3) is 0.462. The van der Waals surface area contributed by atoms with Crippen LogP contribution < -0.4 is 4.74 Å². The van der Waals surface area contributed by atoms with E-state index in [2.05, 4.69) is 0 Å². The maximum Gasteiger partial charge on any atom is 0.410 e. The number of hydrogen-bond acceptors (Lipinski definition) is 5. The van der Waals surface area contributed by atoms with Crippen molar-refractivity contribution in [1.29, 1.82) is 0 Å². The first-order valence-corrected chi connectivity index (χ1v) is 11.1. The van der Waals surface area contributed by atoms with Gasteiger partial charge in [0.1, 0.15) is 18.0 Å². The lowest BCUT2D eigenvalue weighted by Gasteiger charge is -2.25. The number of amides is 1. The van der Waals surface area contributed by atoms with Gasteiger partial charge in [-0.05, 0) is 62.8 Å². The molecule has 1 heterocycles. The molecule has 0 aromatic heterocycles. The Balaban J connectivity index is 1.65. The van der Waals surface area contributed by atoms with Gasteiger partial charge in [0.15, 0.2) is 0 Å². The van der Waals surface area contributed by atoms with Crippen LogP contribution in [0.25, 0.3) is 0 Å². The van der Waals surface area contributed by atoms with E-state index < -0.39 is 5.60 Å². The van der Waals surface area contributed by atoms with Gasteiger partial charge >= 0.3 is 12.1 Å². The number of hydrogen-bond donors (Lipinski definition) is 0. The van der Waals surface area contributed by atoms with Crippen LogP contribution in [0.4, 0.5) is 4.79 Å². The summed E-state index contributed by atoms with van der Waals surface area (Å²) in [4.78, 5) is 26.7. The van der Waals surface area contributed by atoms with Crippen LogP contribution in [0.2, 0.25) is 0 Å². The summed E-state index contributed by atoms with van der Waals surface area (Å²) >= 11 is 0. The molecule has 32 heavy (non-hydrogen) atoms. The minimum absolute atomic E-state index is 0.0175. The lowest BCUT2D eigenvalue weighted by atomic mass is 9.86. The Morgan fingerprint density at radius 1 is 1.06 bits per heavy atom. The molecule has 0 saturated carbocycles. The Morgan fingerprint density at radius 2 is 1.78 bits per heavy atom. The van der Waals surface area contributed by atoms with Gasteiger partial charge in [0.25, 0.3) is 0 Å². The van der Waals surface area contributed by atoms with Crippen molar-refractivity contribution in [3.05, 3.63) is 65.7 Å². The van der Waals surface area contributed by atoms with E-state index in [9.17, 15) is 9.59 Å². The average Bonchev–Trinajstić information content (AvgIpc) is 3.26. The second-order valence-electron chi connectivity index (χ2n) is 9.23. The van der Waals surface area contributed by atoms with Crippen LogP contribution in [0.1, 0.15) is 38.3 Å². The largest absolute Gasteiger partial charge is 0.489 e. The number of esters is 1. The normalized spacial score (nSPS) is 17.0. The first kappa shape index (κ1) is 23.6. The van der Waals surface area contributed by atoms with Crippen LogP contribution in [-0.4, -0.2) is 42.8 Å². The van der Waals surface area contributed by atoms with E-state index >= 15 is 0 Å². The molecule has 2 aromatic carbocycles. The van der Waals surface area contributed by atoms with Crippen molar-refractivity contribution >= 4 is 12.1 Å². The summed E-state index contributed by atoms with van der Waals surface area (Å²) in [7, 11) is 1.41. The van der Waals surface area contributed by atoms with Crippen LogP contribution in [0.15, 0.2) is 54.6 Å². The standard InChI is InChI=1S/C26H33NO5/c1-26(2,3)32-25(29)27-14-13-21(17-27)23(24(28)30-4)16-20-11-8-12-22(15-20)31-18-19-9-6-5-7-10-19/h5-12,15,21,23H,13-14,16-18H2,1-4H3/t21-,23+/m0/s1. The zero-order valence-electron chi connectivity index (χ0n) is 19.4. The molecule has 2 atom stereocenters. The summed E-state index contributed by atoms with van der Waals surface area (Å²) < 4.78 is 16.5. The van der Waals surface area contributed by atoms with Crippen LogP contribution in [0.3, 0.4) is 0 Å². The van der Waals surface area contributed by atoms with E-state index in [0.717, 1.165) is 23.3 Å². The van der Waals surface area contributed by atoms with Gasteiger partial charge in [-0.2, -0.15) is 0 Å². The fourth-order valence-corrected chi connectivity index (χ4v) is 3.96. The first-order chi connectivity index (χ1) is 15.2. The molecule has 1 aliphatic rings. The van der Waals surface area contributed by atoms with E-state index in [1.54, 1.807) is 4.90 Å². The smallest absolute Gasteiger partial charge is 0.410 e. The van der Waals surface area contributed by atoms with Crippen molar-refractivity contribution in [2.75, 3.05) is 20.2 Å². The molecule has 2 aromatic rings. The fourth-order valence-electron chi connectivity index (χ4n) is 3.96. The van der Waals surface area contributed by atoms with Gasteiger partial charge < -0.3 is 19.1 Å². The predicted octanol–water partition coefficient (Wildman–Crippen LogP) is 4.85. The molecule has 3 rings (SSSR count). The molecular formula is C26H33NO5. The number of methoxy groups -OCH3 is 1. The molecule has 6 nitrogen and oxygen atoms in total. The van der Waals surface area contributed by atoms with E-state index in [1.165, 1.54) is 7.11 Å². The van der Waals surface area contributed by atoms with Gasteiger partial charge in [-0.3, -0.25) is 4.79 Å². The highest BCUT2D eigenvalue weighted by Crippen LogP contribution is 2.30. The highest BCUT2D eigenvalue weighted by Gasteiger charge is 2.37. The van der Waals surface area contributed by atoms with E-state index in [-0.39, 0.29) is 23.9 Å². The Morgan fingerprint density at radius 3 is 2.47 bits per heavy atom. The highest BCUT2D eigenvalue weighted by atomic mass is 16.6. The average molecular weight is 440 g/mol. The molecule has 172 valence electrons. The Kier molecular flexibility index (Phi) is 7.78. The van der Waals surface area contributed by atoms with Crippen molar-refractivity contribution in [2.24, 2.45) is 11.8 Å². The second-order valence-corrected chi connectivity index (χ2v) is 9.23. The summed E-state index contributed by atoms with van der Waals surface area (Å²) in [5, 5.41) is 0. The minimum atomic E-state index is -0.545. The second kappa shape index (κ2) is 10.5. The molecule has 0 bridgehead atoms. The SMILES string of the molecule is COC(=O)[C@H](Cc1cccc(OCc2ccccc2)c1)[C@H]1CCN(C(=O)OC(C)(C)C)C1. The Hall–Kier alpha value is -3.02. The van der Waals surface area contributed by atoms with Crippen LogP contribution in [-0.2, 0) is 27.3 Å². The first-order valence-electron chi connectivity index (χ1n) is 11.1. The van der Waals surface area contributed by atoms with Crippen molar-refractivity contribution in [1.82, 2.24) is 4.90 Å². The highest BCUT2D eigenvalue weighted by molar-refractivity contribution is 5.74.